The van der Waals surface area contributed by atoms with Crippen LogP contribution >= 0.6 is 11.6 Å². The van der Waals surface area contributed by atoms with Gasteiger partial charge in [0, 0.05) is 10.7 Å². The Morgan fingerprint density at radius 1 is 0.900 bits per heavy atom. The van der Waals surface area contributed by atoms with Crippen LogP contribution in [-0.2, 0) is 0 Å². The Hall–Kier alpha value is -2.67. The average Bonchev–Trinajstić information content (AvgIpc) is 2.63. The van der Waals surface area contributed by atoms with Gasteiger partial charge in [-0.05, 0) is 24.3 Å². The summed E-state index contributed by atoms with van der Waals surface area (Å²) in [5, 5.41) is 37.7. The quantitative estimate of drug-likeness (QED) is 0.687. The predicted octanol–water partition coefficient (Wildman–Crippen LogP) is 1.94. The fraction of sp³-hybridized carbons (Fsp3) is 0. The molecular weight excluding hydrogens is 290 g/mol. The largest absolute Gasteiger partial charge is 0.503 e. The molecule has 0 atom stereocenters. The van der Waals surface area contributed by atoms with Crippen molar-refractivity contribution in [3.05, 3.63) is 40.7 Å². The van der Waals surface area contributed by atoms with Gasteiger partial charge in [0.2, 0.25) is 0 Å². The number of carboxylic acid groups (broad SMARTS) is 2. The van der Waals surface area contributed by atoms with E-state index in [9.17, 15) is 19.8 Å². The van der Waals surface area contributed by atoms with Crippen LogP contribution in [0.15, 0.2) is 24.3 Å². The van der Waals surface area contributed by atoms with Crippen LogP contribution in [0.4, 0.5) is 0 Å². The minimum atomic E-state index is -1.58. The number of aromatic nitrogens is 1. The number of carbonyl (C=O) groups is 2. The standard InChI is InChI=1S/C12H8ClNO6/c13-5-1-3-6(4-2-5)14-7(11(17)18)9(15)10(16)8(14)12(19)20/h1-4,15-16H,(H,17,18)(H,19,20). The van der Waals surface area contributed by atoms with E-state index >= 15 is 0 Å². The highest BCUT2D eigenvalue weighted by molar-refractivity contribution is 6.30. The van der Waals surface area contributed by atoms with Gasteiger partial charge in [0.25, 0.3) is 0 Å². The van der Waals surface area contributed by atoms with Gasteiger partial charge in [0.05, 0.1) is 0 Å². The van der Waals surface area contributed by atoms with Crippen LogP contribution in [0, 0.1) is 0 Å². The third kappa shape index (κ3) is 2.04. The number of benzene rings is 1. The Morgan fingerprint density at radius 3 is 1.65 bits per heavy atom. The number of carboxylic acids is 2. The highest BCUT2D eigenvalue weighted by Gasteiger charge is 2.31. The molecule has 2 rings (SSSR count). The molecule has 0 aliphatic heterocycles. The molecule has 4 N–H and O–H groups in total. The SMILES string of the molecule is O=C(O)c1c(O)c(O)c(C(=O)O)n1-c1ccc(Cl)cc1. The van der Waals surface area contributed by atoms with Crippen LogP contribution in [0.3, 0.4) is 0 Å². The van der Waals surface area contributed by atoms with Gasteiger partial charge < -0.3 is 20.4 Å². The summed E-state index contributed by atoms with van der Waals surface area (Å²) in [5.74, 6) is -5.18. The molecule has 7 nitrogen and oxygen atoms in total. The molecule has 0 unspecified atom stereocenters. The van der Waals surface area contributed by atoms with Gasteiger partial charge in [-0.15, -0.1) is 0 Å². The molecule has 8 heteroatoms. The topological polar surface area (TPSA) is 120 Å². The Bertz CT molecular complexity index is 666. The van der Waals surface area contributed by atoms with Gasteiger partial charge in [0.1, 0.15) is 0 Å². The van der Waals surface area contributed by atoms with Gasteiger partial charge in [0.15, 0.2) is 22.9 Å². The molecule has 0 aliphatic carbocycles. The zero-order chi connectivity index (χ0) is 15.0. The number of halogens is 1. The molecule has 0 saturated carbocycles. The number of nitrogens with zero attached hydrogens (tertiary/aromatic N) is 1. The molecule has 104 valence electrons. The first-order valence-corrected chi connectivity index (χ1v) is 5.61. The van der Waals surface area contributed by atoms with E-state index in [-0.39, 0.29) is 5.69 Å². The van der Waals surface area contributed by atoms with Crippen molar-refractivity contribution in [1.82, 2.24) is 4.57 Å². The first-order chi connectivity index (χ1) is 9.34. The van der Waals surface area contributed by atoms with Crippen LogP contribution in [-0.4, -0.2) is 36.9 Å². The Labute approximate surface area is 116 Å². The molecule has 2 aromatic rings. The molecule has 0 bridgehead atoms. The minimum absolute atomic E-state index is 0.125. The maximum absolute atomic E-state index is 11.2. The third-order valence-corrected chi connectivity index (χ3v) is 2.86. The fourth-order valence-corrected chi connectivity index (χ4v) is 1.92. The maximum Gasteiger partial charge on any atom is 0.356 e. The molecule has 1 aromatic heterocycles. The van der Waals surface area contributed by atoms with E-state index in [1.807, 2.05) is 0 Å². The van der Waals surface area contributed by atoms with Crippen molar-refractivity contribution in [2.75, 3.05) is 0 Å². The lowest BCUT2D eigenvalue weighted by Gasteiger charge is -2.08. The van der Waals surface area contributed by atoms with Crippen molar-refractivity contribution >= 4 is 23.5 Å². The van der Waals surface area contributed by atoms with Crippen LogP contribution in [0.1, 0.15) is 21.0 Å². The first-order valence-electron chi connectivity index (χ1n) is 5.23. The third-order valence-electron chi connectivity index (χ3n) is 2.61. The summed E-state index contributed by atoms with van der Waals surface area (Å²) < 4.78 is 0.728. The Balaban J connectivity index is 2.85. The normalized spacial score (nSPS) is 10.4. The summed E-state index contributed by atoms with van der Waals surface area (Å²) >= 11 is 5.70. The van der Waals surface area contributed by atoms with Crippen molar-refractivity contribution in [2.24, 2.45) is 0 Å². The zero-order valence-corrected chi connectivity index (χ0v) is 10.5. The highest BCUT2D eigenvalue weighted by atomic mass is 35.5. The molecule has 0 saturated heterocycles. The first kappa shape index (κ1) is 13.8. The van der Waals surface area contributed by atoms with E-state index in [0.717, 1.165) is 4.57 Å². The van der Waals surface area contributed by atoms with Crippen LogP contribution in [0.25, 0.3) is 5.69 Å². The second-order valence-corrected chi connectivity index (χ2v) is 4.25. The van der Waals surface area contributed by atoms with E-state index in [1.165, 1.54) is 24.3 Å². The van der Waals surface area contributed by atoms with E-state index in [1.54, 1.807) is 0 Å². The lowest BCUT2D eigenvalue weighted by Crippen LogP contribution is -2.12. The van der Waals surface area contributed by atoms with Gasteiger partial charge in [-0.25, -0.2) is 9.59 Å². The van der Waals surface area contributed by atoms with Crippen molar-refractivity contribution in [3.8, 4) is 17.2 Å². The van der Waals surface area contributed by atoms with Gasteiger partial charge in [-0.3, -0.25) is 4.57 Å². The average molecular weight is 298 g/mol. The molecule has 0 spiro atoms. The fourth-order valence-electron chi connectivity index (χ4n) is 1.79. The lowest BCUT2D eigenvalue weighted by atomic mass is 10.3. The van der Waals surface area contributed by atoms with Gasteiger partial charge in [-0.2, -0.15) is 0 Å². The van der Waals surface area contributed by atoms with Crippen molar-refractivity contribution < 1.29 is 30.0 Å². The number of aromatic hydroxyl groups is 2. The maximum atomic E-state index is 11.2. The molecule has 0 aliphatic rings. The van der Waals surface area contributed by atoms with E-state index < -0.39 is 34.8 Å². The van der Waals surface area contributed by atoms with E-state index in [2.05, 4.69) is 0 Å². The van der Waals surface area contributed by atoms with Crippen molar-refractivity contribution in [2.45, 2.75) is 0 Å². The molecule has 1 heterocycles. The zero-order valence-electron chi connectivity index (χ0n) is 9.74. The van der Waals surface area contributed by atoms with E-state index in [4.69, 9.17) is 21.8 Å². The molecule has 1 aromatic carbocycles. The molecule has 0 radical (unpaired) electrons. The number of hydrogen-bond acceptors (Lipinski definition) is 4. The summed E-state index contributed by atoms with van der Waals surface area (Å²) in [7, 11) is 0. The predicted molar refractivity (Wildman–Crippen MR) is 68.0 cm³/mol. The van der Waals surface area contributed by atoms with Crippen LogP contribution in [0.2, 0.25) is 5.02 Å². The molecule has 0 amide bonds. The minimum Gasteiger partial charge on any atom is -0.503 e. The number of aromatic carboxylic acids is 2. The van der Waals surface area contributed by atoms with E-state index in [0.29, 0.717) is 5.02 Å². The Morgan fingerprint density at radius 2 is 1.30 bits per heavy atom. The molecular formula is C12H8ClNO6. The Kier molecular flexibility index (Phi) is 3.29. The van der Waals surface area contributed by atoms with Gasteiger partial charge in [-0.1, -0.05) is 11.6 Å². The summed E-state index contributed by atoms with van der Waals surface area (Å²) in [5.41, 5.74) is -1.37. The van der Waals surface area contributed by atoms with Crippen LogP contribution in [0.5, 0.6) is 11.5 Å². The summed E-state index contributed by atoms with van der Waals surface area (Å²) in [4.78, 5) is 22.3. The molecule has 20 heavy (non-hydrogen) atoms. The highest BCUT2D eigenvalue weighted by Crippen LogP contribution is 2.38. The lowest BCUT2D eigenvalue weighted by molar-refractivity contribution is 0.0681. The summed E-state index contributed by atoms with van der Waals surface area (Å²) in [6, 6.07) is 5.56. The van der Waals surface area contributed by atoms with Crippen LogP contribution < -0.4 is 0 Å². The number of hydrogen-bond donors (Lipinski definition) is 4. The second-order valence-electron chi connectivity index (χ2n) is 3.82. The summed E-state index contributed by atoms with van der Waals surface area (Å²) in [6.45, 7) is 0. The summed E-state index contributed by atoms with van der Waals surface area (Å²) in [6.07, 6.45) is 0. The van der Waals surface area contributed by atoms with Gasteiger partial charge >= 0.3 is 11.9 Å². The molecule has 0 fully saturated rings. The van der Waals surface area contributed by atoms with Crippen molar-refractivity contribution in [1.29, 1.82) is 0 Å². The monoisotopic (exact) mass is 297 g/mol. The second kappa shape index (κ2) is 4.78. The smallest absolute Gasteiger partial charge is 0.356 e. The van der Waals surface area contributed by atoms with Crippen molar-refractivity contribution in [3.63, 3.8) is 0 Å². The number of rotatable bonds is 3.